The fourth-order valence-corrected chi connectivity index (χ4v) is 2.18. The molecule has 0 aliphatic heterocycles. The Balaban J connectivity index is 1.87. The van der Waals surface area contributed by atoms with Gasteiger partial charge in [0.2, 0.25) is 5.95 Å². The number of rotatable bonds is 4. The van der Waals surface area contributed by atoms with Crippen LogP contribution in [0.2, 0.25) is 0 Å². The lowest BCUT2D eigenvalue weighted by Gasteiger charge is -2.11. The summed E-state index contributed by atoms with van der Waals surface area (Å²) in [5.41, 5.74) is 5.52. The number of pyridine rings is 1. The van der Waals surface area contributed by atoms with E-state index >= 15 is 0 Å². The average Bonchev–Trinajstić information content (AvgIpc) is 2.54. The third kappa shape index (κ3) is 2.75. The minimum Gasteiger partial charge on any atom is -0.366 e. The Morgan fingerprint density at radius 2 is 2.00 bits per heavy atom. The van der Waals surface area contributed by atoms with E-state index in [4.69, 9.17) is 5.84 Å². The van der Waals surface area contributed by atoms with Crippen molar-refractivity contribution < 1.29 is 0 Å². The van der Waals surface area contributed by atoms with Crippen molar-refractivity contribution in [3.8, 4) is 0 Å². The van der Waals surface area contributed by atoms with Gasteiger partial charge in [-0.1, -0.05) is 24.3 Å². The first-order valence-electron chi connectivity index (χ1n) is 6.64. The van der Waals surface area contributed by atoms with Gasteiger partial charge in [0.1, 0.15) is 5.82 Å². The summed E-state index contributed by atoms with van der Waals surface area (Å²) in [7, 11) is 0. The number of nitrogens with zero attached hydrogens (tertiary/aromatic N) is 3. The molecule has 0 bridgehead atoms. The molecule has 2 heterocycles. The summed E-state index contributed by atoms with van der Waals surface area (Å²) < 4.78 is 0. The molecule has 2 aromatic heterocycles. The standard InChI is InChI=1S/C15H16N6/c1-10-8-19-15(21-16)20-14(10)18-9-12-5-2-4-11-6-3-7-17-13(11)12/h2-8H,9,16H2,1H3,(H2,18,19,20,21). The highest BCUT2D eigenvalue weighted by molar-refractivity contribution is 5.81. The van der Waals surface area contributed by atoms with Crippen LogP contribution in [0.4, 0.5) is 11.8 Å². The number of hydrogen-bond acceptors (Lipinski definition) is 6. The van der Waals surface area contributed by atoms with E-state index < -0.39 is 0 Å². The van der Waals surface area contributed by atoms with E-state index in [-0.39, 0.29) is 0 Å². The SMILES string of the molecule is Cc1cnc(NN)nc1NCc1cccc2cccnc12. The molecule has 3 aromatic rings. The largest absolute Gasteiger partial charge is 0.366 e. The van der Waals surface area contributed by atoms with Crippen LogP contribution in [0.15, 0.2) is 42.7 Å². The summed E-state index contributed by atoms with van der Waals surface area (Å²) in [6, 6.07) is 10.1. The van der Waals surface area contributed by atoms with Crippen molar-refractivity contribution in [2.75, 3.05) is 10.7 Å². The zero-order valence-corrected chi connectivity index (χ0v) is 11.7. The Morgan fingerprint density at radius 3 is 2.86 bits per heavy atom. The zero-order chi connectivity index (χ0) is 14.7. The quantitative estimate of drug-likeness (QED) is 0.501. The lowest BCUT2D eigenvalue weighted by atomic mass is 10.1. The van der Waals surface area contributed by atoms with E-state index in [1.807, 2.05) is 19.1 Å². The van der Waals surface area contributed by atoms with Gasteiger partial charge in [0.25, 0.3) is 0 Å². The summed E-state index contributed by atoms with van der Waals surface area (Å²) >= 11 is 0. The summed E-state index contributed by atoms with van der Waals surface area (Å²) in [5.74, 6) is 6.48. The number of nitrogens with one attached hydrogen (secondary N) is 2. The molecule has 0 aliphatic rings. The highest BCUT2D eigenvalue weighted by Gasteiger charge is 2.05. The molecule has 0 aliphatic carbocycles. The van der Waals surface area contributed by atoms with E-state index in [0.29, 0.717) is 12.5 Å². The van der Waals surface area contributed by atoms with Crippen LogP contribution < -0.4 is 16.6 Å². The van der Waals surface area contributed by atoms with Crippen LogP contribution in [0.3, 0.4) is 0 Å². The highest BCUT2D eigenvalue weighted by Crippen LogP contribution is 2.18. The number of hydrazine groups is 1. The van der Waals surface area contributed by atoms with Crippen molar-refractivity contribution in [1.82, 2.24) is 15.0 Å². The monoisotopic (exact) mass is 280 g/mol. The van der Waals surface area contributed by atoms with Gasteiger partial charge in [0.15, 0.2) is 0 Å². The Hall–Kier alpha value is -2.73. The van der Waals surface area contributed by atoms with Gasteiger partial charge in [0.05, 0.1) is 5.52 Å². The number of aromatic nitrogens is 3. The molecule has 106 valence electrons. The van der Waals surface area contributed by atoms with Crippen molar-refractivity contribution in [2.24, 2.45) is 5.84 Å². The predicted molar refractivity (Wildman–Crippen MR) is 83.6 cm³/mol. The Bertz CT molecular complexity index is 766. The first kappa shape index (κ1) is 13.3. The van der Waals surface area contributed by atoms with E-state index in [1.54, 1.807) is 12.4 Å². The summed E-state index contributed by atoms with van der Waals surface area (Å²) in [6.45, 7) is 2.58. The minimum absolute atomic E-state index is 0.388. The molecule has 0 saturated carbocycles. The number of para-hydroxylation sites is 1. The number of nitrogens with two attached hydrogens (primary N) is 1. The molecule has 0 unspecified atom stereocenters. The van der Waals surface area contributed by atoms with Gasteiger partial charge in [0, 0.05) is 29.9 Å². The molecule has 4 N–H and O–H groups in total. The molecule has 0 amide bonds. The van der Waals surface area contributed by atoms with Gasteiger partial charge in [-0.15, -0.1) is 0 Å². The number of fused-ring (bicyclic) bond motifs is 1. The second-order valence-corrected chi connectivity index (χ2v) is 4.72. The predicted octanol–water partition coefficient (Wildman–Crippen LogP) is 2.23. The van der Waals surface area contributed by atoms with Crippen LogP contribution in [0.25, 0.3) is 10.9 Å². The van der Waals surface area contributed by atoms with Gasteiger partial charge in [-0.2, -0.15) is 4.98 Å². The molecule has 1 aromatic carbocycles. The van der Waals surface area contributed by atoms with Gasteiger partial charge >= 0.3 is 0 Å². The van der Waals surface area contributed by atoms with Crippen molar-refractivity contribution in [3.05, 3.63) is 53.9 Å². The van der Waals surface area contributed by atoms with Crippen molar-refractivity contribution in [1.29, 1.82) is 0 Å². The van der Waals surface area contributed by atoms with Crippen LogP contribution in [-0.2, 0) is 6.54 Å². The maximum absolute atomic E-state index is 5.34. The first-order valence-corrected chi connectivity index (χ1v) is 6.64. The molecule has 3 rings (SSSR count). The van der Waals surface area contributed by atoms with Crippen molar-refractivity contribution in [2.45, 2.75) is 13.5 Å². The van der Waals surface area contributed by atoms with E-state index in [1.165, 1.54) is 0 Å². The van der Waals surface area contributed by atoms with Gasteiger partial charge in [-0.25, -0.2) is 10.8 Å². The lowest BCUT2D eigenvalue weighted by molar-refractivity contribution is 1.05. The first-order chi connectivity index (χ1) is 10.3. The molecular weight excluding hydrogens is 264 g/mol. The molecule has 6 nitrogen and oxygen atoms in total. The maximum Gasteiger partial charge on any atom is 0.239 e. The smallest absolute Gasteiger partial charge is 0.239 e. The average molecular weight is 280 g/mol. The van der Waals surface area contributed by atoms with E-state index in [0.717, 1.165) is 27.8 Å². The number of hydrogen-bond donors (Lipinski definition) is 3. The molecular formula is C15H16N6. The van der Waals surface area contributed by atoms with Crippen LogP contribution in [0, 0.1) is 6.92 Å². The Morgan fingerprint density at radius 1 is 1.14 bits per heavy atom. The Kier molecular flexibility index (Phi) is 3.61. The van der Waals surface area contributed by atoms with Crippen LogP contribution in [-0.4, -0.2) is 15.0 Å². The van der Waals surface area contributed by atoms with E-state index in [9.17, 15) is 0 Å². The number of nitrogen functional groups attached to an aromatic ring is 1. The third-order valence-electron chi connectivity index (χ3n) is 3.26. The fraction of sp³-hybridized carbons (Fsp3) is 0.133. The normalized spacial score (nSPS) is 10.6. The zero-order valence-electron chi connectivity index (χ0n) is 11.7. The number of aryl methyl sites for hydroxylation is 1. The van der Waals surface area contributed by atoms with Crippen LogP contribution in [0.5, 0.6) is 0 Å². The second-order valence-electron chi connectivity index (χ2n) is 4.72. The van der Waals surface area contributed by atoms with E-state index in [2.05, 4.69) is 43.9 Å². The summed E-state index contributed by atoms with van der Waals surface area (Å²) in [4.78, 5) is 12.8. The molecule has 0 atom stereocenters. The van der Waals surface area contributed by atoms with Crippen molar-refractivity contribution >= 4 is 22.7 Å². The highest BCUT2D eigenvalue weighted by atomic mass is 15.3. The number of anilines is 2. The summed E-state index contributed by atoms with van der Waals surface area (Å²) in [5, 5.41) is 4.43. The maximum atomic E-state index is 5.34. The molecule has 0 fully saturated rings. The van der Waals surface area contributed by atoms with Crippen LogP contribution in [0.1, 0.15) is 11.1 Å². The van der Waals surface area contributed by atoms with Crippen LogP contribution >= 0.6 is 0 Å². The summed E-state index contributed by atoms with van der Waals surface area (Å²) in [6.07, 6.45) is 3.53. The van der Waals surface area contributed by atoms with Gasteiger partial charge < -0.3 is 5.32 Å². The Labute approximate surface area is 122 Å². The molecule has 0 saturated heterocycles. The second kappa shape index (κ2) is 5.72. The molecule has 0 spiro atoms. The molecule has 21 heavy (non-hydrogen) atoms. The fourth-order valence-electron chi connectivity index (χ4n) is 2.18. The topological polar surface area (TPSA) is 88.8 Å². The van der Waals surface area contributed by atoms with Crippen molar-refractivity contribution in [3.63, 3.8) is 0 Å². The third-order valence-corrected chi connectivity index (χ3v) is 3.26. The van der Waals surface area contributed by atoms with Gasteiger partial charge in [-0.05, 0) is 18.6 Å². The minimum atomic E-state index is 0.388. The molecule has 6 heteroatoms. The number of benzene rings is 1. The lowest BCUT2D eigenvalue weighted by Crippen LogP contribution is -2.12. The molecule has 0 radical (unpaired) electrons. The van der Waals surface area contributed by atoms with Gasteiger partial charge in [-0.3, -0.25) is 10.4 Å².